The predicted molar refractivity (Wildman–Crippen MR) is 108 cm³/mol. The largest absolute Gasteiger partial charge is 0.339 e. The molecule has 1 atom stereocenters. The molecule has 4 rings (SSSR count). The number of benzene rings is 2. The number of carbonyl (C=O) groups excluding carboxylic acids is 1. The van der Waals surface area contributed by atoms with Gasteiger partial charge in [-0.15, -0.1) is 0 Å². The molecule has 2 aromatic carbocycles. The van der Waals surface area contributed by atoms with E-state index in [4.69, 9.17) is 16.1 Å². The monoisotopic (exact) mass is 413 g/mol. The fourth-order valence-corrected chi connectivity index (χ4v) is 3.59. The van der Waals surface area contributed by atoms with Crippen molar-refractivity contribution in [1.29, 1.82) is 0 Å². The molecule has 5 nitrogen and oxygen atoms in total. The minimum Gasteiger partial charge on any atom is -0.339 e. The Bertz CT molecular complexity index is 1030. The van der Waals surface area contributed by atoms with Gasteiger partial charge in [-0.2, -0.15) is 4.98 Å². The van der Waals surface area contributed by atoms with E-state index in [0.29, 0.717) is 36.9 Å². The minimum atomic E-state index is -0.541. The second kappa shape index (κ2) is 7.95. The second-order valence-corrected chi connectivity index (χ2v) is 8.06. The summed E-state index contributed by atoms with van der Waals surface area (Å²) in [6, 6.07) is 12.7. The standard InChI is InChI=1S/C22H21ClFN3O2/c1-13(2)15-5-3-14(4-6-15)11-27-12-17(10-20(27)28)22-25-21(26-29-22)16-7-8-18(23)19(24)9-16/h3-9,13,17H,10-12H2,1-2H3. The van der Waals surface area contributed by atoms with E-state index in [0.717, 1.165) is 5.56 Å². The molecule has 7 heteroatoms. The number of aromatic nitrogens is 2. The first kappa shape index (κ1) is 19.6. The summed E-state index contributed by atoms with van der Waals surface area (Å²) < 4.78 is 19.0. The van der Waals surface area contributed by atoms with Crippen LogP contribution in [0.3, 0.4) is 0 Å². The lowest BCUT2D eigenvalue weighted by atomic mass is 10.0. The molecule has 0 N–H and O–H groups in total. The van der Waals surface area contributed by atoms with Crippen molar-refractivity contribution in [3.05, 3.63) is 70.3 Å². The third kappa shape index (κ3) is 4.17. The lowest BCUT2D eigenvalue weighted by Gasteiger charge is -2.16. The van der Waals surface area contributed by atoms with E-state index in [1.807, 2.05) is 0 Å². The van der Waals surface area contributed by atoms with Gasteiger partial charge in [-0.25, -0.2) is 4.39 Å². The molecular formula is C22H21ClFN3O2. The van der Waals surface area contributed by atoms with E-state index in [1.54, 1.807) is 11.0 Å². The van der Waals surface area contributed by atoms with Crippen molar-refractivity contribution in [3.63, 3.8) is 0 Å². The number of hydrogen-bond donors (Lipinski definition) is 0. The van der Waals surface area contributed by atoms with Crippen molar-refractivity contribution in [3.8, 4) is 11.4 Å². The molecule has 1 aliphatic rings. The quantitative estimate of drug-likeness (QED) is 0.579. The Morgan fingerprint density at radius 3 is 2.69 bits per heavy atom. The number of nitrogens with zero attached hydrogens (tertiary/aromatic N) is 3. The van der Waals surface area contributed by atoms with Crippen molar-refractivity contribution in [2.75, 3.05) is 6.54 Å². The Kier molecular flexibility index (Phi) is 5.37. The molecule has 1 fully saturated rings. The van der Waals surface area contributed by atoms with Gasteiger partial charge in [-0.05, 0) is 35.2 Å². The summed E-state index contributed by atoms with van der Waals surface area (Å²) in [6.07, 6.45) is 0.320. The third-order valence-corrected chi connectivity index (χ3v) is 5.51. The van der Waals surface area contributed by atoms with Crippen molar-refractivity contribution in [2.24, 2.45) is 0 Å². The minimum absolute atomic E-state index is 0.0379. The maximum absolute atomic E-state index is 13.7. The molecule has 0 aliphatic carbocycles. The number of carbonyl (C=O) groups is 1. The van der Waals surface area contributed by atoms with Crippen molar-refractivity contribution < 1.29 is 13.7 Å². The molecule has 1 unspecified atom stereocenters. The zero-order valence-corrected chi connectivity index (χ0v) is 17.0. The highest BCUT2D eigenvalue weighted by molar-refractivity contribution is 6.30. The maximum Gasteiger partial charge on any atom is 0.232 e. The van der Waals surface area contributed by atoms with Crippen molar-refractivity contribution in [2.45, 2.75) is 38.6 Å². The van der Waals surface area contributed by atoms with Crippen molar-refractivity contribution in [1.82, 2.24) is 15.0 Å². The topological polar surface area (TPSA) is 59.2 Å². The molecule has 2 heterocycles. The average Bonchev–Trinajstić information content (AvgIpc) is 3.32. The Hall–Kier alpha value is -2.73. The van der Waals surface area contributed by atoms with Crippen molar-refractivity contribution >= 4 is 17.5 Å². The summed E-state index contributed by atoms with van der Waals surface area (Å²) in [4.78, 5) is 18.6. The SMILES string of the molecule is CC(C)c1ccc(CN2CC(c3nc(-c4ccc(Cl)c(F)c4)no3)CC2=O)cc1. The maximum atomic E-state index is 13.7. The summed E-state index contributed by atoms with van der Waals surface area (Å²) in [5, 5.41) is 3.97. The first-order valence-electron chi connectivity index (χ1n) is 9.56. The highest BCUT2D eigenvalue weighted by Crippen LogP contribution is 2.30. The lowest BCUT2D eigenvalue weighted by molar-refractivity contribution is -0.128. The Morgan fingerprint density at radius 1 is 1.24 bits per heavy atom. The molecule has 0 radical (unpaired) electrons. The van der Waals surface area contributed by atoms with Gasteiger partial charge in [0.25, 0.3) is 0 Å². The molecule has 1 aromatic heterocycles. The van der Waals surface area contributed by atoms with Gasteiger partial charge in [0.15, 0.2) is 0 Å². The van der Waals surface area contributed by atoms with Gasteiger partial charge in [0, 0.05) is 25.1 Å². The van der Waals surface area contributed by atoms with Crippen LogP contribution >= 0.6 is 11.6 Å². The summed E-state index contributed by atoms with van der Waals surface area (Å²) in [5.41, 5.74) is 2.84. The van der Waals surface area contributed by atoms with Crippen LogP contribution in [-0.2, 0) is 11.3 Å². The highest BCUT2D eigenvalue weighted by Gasteiger charge is 2.34. The highest BCUT2D eigenvalue weighted by atomic mass is 35.5. The van der Waals surface area contributed by atoms with Crippen LogP contribution in [0.4, 0.5) is 4.39 Å². The Morgan fingerprint density at radius 2 is 2.00 bits per heavy atom. The summed E-state index contributed by atoms with van der Waals surface area (Å²) in [7, 11) is 0. The normalized spacial score (nSPS) is 16.8. The van der Waals surface area contributed by atoms with Crippen LogP contribution in [0, 0.1) is 5.82 Å². The number of hydrogen-bond acceptors (Lipinski definition) is 4. The zero-order valence-electron chi connectivity index (χ0n) is 16.2. The van der Waals surface area contributed by atoms with E-state index in [2.05, 4.69) is 48.3 Å². The molecule has 3 aromatic rings. The number of amides is 1. The Labute approximate surface area is 173 Å². The van der Waals surface area contributed by atoms with Gasteiger partial charge in [0.1, 0.15) is 5.82 Å². The smallest absolute Gasteiger partial charge is 0.232 e. The molecule has 1 aliphatic heterocycles. The van der Waals surface area contributed by atoms with E-state index >= 15 is 0 Å². The van der Waals surface area contributed by atoms with E-state index in [9.17, 15) is 9.18 Å². The van der Waals surface area contributed by atoms with E-state index in [-0.39, 0.29) is 22.7 Å². The van der Waals surface area contributed by atoms with Gasteiger partial charge in [0.05, 0.1) is 10.9 Å². The van der Waals surface area contributed by atoms with E-state index in [1.165, 1.54) is 17.7 Å². The summed E-state index contributed by atoms with van der Waals surface area (Å²) in [5.74, 6) is 0.493. The zero-order chi connectivity index (χ0) is 20.5. The van der Waals surface area contributed by atoms with Gasteiger partial charge in [0.2, 0.25) is 17.6 Å². The predicted octanol–water partition coefficient (Wildman–Crippen LogP) is 5.17. The first-order valence-corrected chi connectivity index (χ1v) is 9.94. The third-order valence-electron chi connectivity index (χ3n) is 5.20. The van der Waals surface area contributed by atoms with Crippen LogP contribution in [0.5, 0.6) is 0 Å². The second-order valence-electron chi connectivity index (χ2n) is 7.66. The van der Waals surface area contributed by atoms with Gasteiger partial charge >= 0.3 is 0 Å². The average molecular weight is 414 g/mol. The summed E-state index contributed by atoms with van der Waals surface area (Å²) >= 11 is 5.72. The number of halogens is 2. The number of rotatable bonds is 5. The van der Waals surface area contributed by atoms with E-state index < -0.39 is 5.82 Å². The van der Waals surface area contributed by atoms with Crippen LogP contribution in [0.2, 0.25) is 5.02 Å². The fourth-order valence-electron chi connectivity index (χ4n) is 3.47. The molecular weight excluding hydrogens is 393 g/mol. The first-order chi connectivity index (χ1) is 13.9. The Balaban J connectivity index is 1.45. The van der Waals surface area contributed by atoms with Gasteiger partial charge < -0.3 is 9.42 Å². The molecule has 0 bridgehead atoms. The lowest BCUT2D eigenvalue weighted by Crippen LogP contribution is -2.24. The molecule has 29 heavy (non-hydrogen) atoms. The fraction of sp³-hybridized carbons (Fsp3) is 0.318. The van der Waals surface area contributed by atoms with Crippen LogP contribution < -0.4 is 0 Å². The molecule has 0 spiro atoms. The molecule has 1 saturated heterocycles. The molecule has 150 valence electrons. The summed E-state index contributed by atoms with van der Waals surface area (Å²) in [6.45, 7) is 5.37. The van der Waals surface area contributed by atoms with Crippen LogP contribution in [0.15, 0.2) is 47.0 Å². The van der Waals surface area contributed by atoms with Gasteiger partial charge in [-0.3, -0.25) is 4.79 Å². The molecule has 1 amide bonds. The van der Waals surface area contributed by atoms with Crippen LogP contribution in [0.25, 0.3) is 11.4 Å². The molecule has 0 saturated carbocycles. The number of likely N-dealkylation sites (tertiary alicyclic amines) is 1. The van der Waals surface area contributed by atoms with Crippen LogP contribution in [0.1, 0.15) is 49.1 Å². The van der Waals surface area contributed by atoms with Crippen LogP contribution in [-0.4, -0.2) is 27.5 Å². The van der Waals surface area contributed by atoms with Gasteiger partial charge in [-0.1, -0.05) is 54.9 Å².